The van der Waals surface area contributed by atoms with E-state index in [0.717, 1.165) is 31.1 Å². The third-order valence-corrected chi connectivity index (χ3v) is 3.88. The van der Waals surface area contributed by atoms with E-state index in [1.54, 1.807) is 0 Å². The van der Waals surface area contributed by atoms with Crippen molar-refractivity contribution in [2.45, 2.75) is 31.9 Å². The van der Waals surface area contributed by atoms with Gasteiger partial charge in [0.15, 0.2) is 0 Å². The van der Waals surface area contributed by atoms with E-state index < -0.39 is 0 Å². The Morgan fingerprint density at radius 2 is 2.19 bits per heavy atom. The van der Waals surface area contributed by atoms with Crippen molar-refractivity contribution in [3.05, 3.63) is 52.4 Å². The molecule has 2 atom stereocenters. The van der Waals surface area contributed by atoms with Gasteiger partial charge < -0.3 is 15.0 Å². The fraction of sp³-hybridized carbons (Fsp3) is 0.375. The number of benzene rings is 1. The van der Waals surface area contributed by atoms with Crippen LogP contribution in [0.2, 0.25) is 0 Å². The lowest BCUT2D eigenvalue weighted by atomic mass is 10.1. The van der Waals surface area contributed by atoms with Crippen LogP contribution in [0.4, 0.5) is 5.82 Å². The largest absolute Gasteiger partial charge is 0.370 e. The van der Waals surface area contributed by atoms with Crippen LogP contribution in [-0.2, 0) is 4.74 Å². The molecule has 0 saturated carbocycles. The van der Waals surface area contributed by atoms with Gasteiger partial charge in [-0.25, -0.2) is 4.98 Å². The predicted molar refractivity (Wildman–Crippen MR) is 85.8 cm³/mol. The van der Waals surface area contributed by atoms with Crippen molar-refractivity contribution in [1.29, 1.82) is 0 Å². The molecule has 1 aromatic carbocycles. The smallest absolute Gasteiger partial charge is 0.138 e. The lowest BCUT2D eigenvalue weighted by molar-refractivity contribution is 0.105. The second kappa shape index (κ2) is 6.37. The van der Waals surface area contributed by atoms with Crippen LogP contribution in [0.1, 0.15) is 43.3 Å². The predicted octanol–water partition coefficient (Wildman–Crippen LogP) is 4.16. The van der Waals surface area contributed by atoms with Gasteiger partial charge in [-0.05, 0) is 25.3 Å². The van der Waals surface area contributed by atoms with Crippen molar-refractivity contribution in [2.24, 2.45) is 0 Å². The van der Waals surface area contributed by atoms with Crippen LogP contribution in [-0.4, -0.2) is 16.6 Å². The minimum Gasteiger partial charge on any atom is -0.370 e. The van der Waals surface area contributed by atoms with E-state index in [2.05, 4.69) is 34.3 Å². The third-order valence-electron chi connectivity index (χ3n) is 3.67. The number of rotatable bonds is 4. The summed E-state index contributed by atoms with van der Waals surface area (Å²) in [7, 11) is 0. The normalized spacial score (nSPS) is 19.4. The summed E-state index contributed by atoms with van der Waals surface area (Å²) in [5, 5.41) is 3.45. The van der Waals surface area contributed by atoms with Crippen LogP contribution >= 0.6 is 12.2 Å². The maximum absolute atomic E-state index is 5.67. The molecule has 0 spiro atoms. The van der Waals surface area contributed by atoms with Gasteiger partial charge in [0.1, 0.15) is 22.4 Å². The van der Waals surface area contributed by atoms with Crippen LogP contribution < -0.4 is 5.32 Å². The molecule has 4 nitrogen and oxygen atoms in total. The van der Waals surface area contributed by atoms with Crippen LogP contribution in [0.25, 0.3) is 0 Å². The van der Waals surface area contributed by atoms with Crippen LogP contribution in [0.15, 0.2) is 36.4 Å². The summed E-state index contributed by atoms with van der Waals surface area (Å²) < 4.78 is 6.26. The van der Waals surface area contributed by atoms with E-state index in [1.807, 2.05) is 24.3 Å². The molecule has 0 bridgehead atoms. The van der Waals surface area contributed by atoms with Crippen molar-refractivity contribution in [1.82, 2.24) is 9.97 Å². The number of aromatic amines is 1. The molecule has 2 unspecified atom stereocenters. The highest BCUT2D eigenvalue weighted by Gasteiger charge is 2.20. The van der Waals surface area contributed by atoms with Gasteiger partial charge >= 0.3 is 0 Å². The van der Waals surface area contributed by atoms with Gasteiger partial charge in [0.2, 0.25) is 0 Å². The molecule has 1 aromatic heterocycles. The van der Waals surface area contributed by atoms with Crippen molar-refractivity contribution < 1.29 is 4.74 Å². The molecule has 21 heavy (non-hydrogen) atoms. The average molecular weight is 301 g/mol. The highest BCUT2D eigenvalue weighted by molar-refractivity contribution is 7.71. The van der Waals surface area contributed by atoms with Gasteiger partial charge in [-0.3, -0.25) is 0 Å². The second-order valence-corrected chi connectivity index (χ2v) is 5.71. The first-order chi connectivity index (χ1) is 10.2. The molecule has 0 aliphatic carbocycles. The van der Waals surface area contributed by atoms with E-state index in [-0.39, 0.29) is 12.1 Å². The van der Waals surface area contributed by atoms with Gasteiger partial charge in [0.25, 0.3) is 0 Å². The summed E-state index contributed by atoms with van der Waals surface area (Å²) in [6, 6.07) is 12.4. The molecule has 5 heteroatoms. The number of aromatic nitrogens is 2. The van der Waals surface area contributed by atoms with Gasteiger partial charge in [0, 0.05) is 18.7 Å². The lowest BCUT2D eigenvalue weighted by Gasteiger charge is -2.17. The Balaban J connectivity index is 1.80. The van der Waals surface area contributed by atoms with Crippen molar-refractivity contribution in [3.63, 3.8) is 0 Å². The summed E-state index contributed by atoms with van der Waals surface area (Å²) in [4.78, 5) is 7.70. The van der Waals surface area contributed by atoms with Gasteiger partial charge in [-0.1, -0.05) is 42.5 Å². The minimum atomic E-state index is 0.0421. The summed E-state index contributed by atoms with van der Waals surface area (Å²) in [5.74, 6) is 1.71. The summed E-state index contributed by atoms with van der Waals surface area (Å²) in [6.45, 7) is 2.92. The molecule has 2 aromatic rings. The maximum Gasteiger partial charge on any atom is 0.138 e. The Kier molecular flexibility index (Phi) is 4.31. The topological polar surface area (TPSA) is 49.9 Å². The fourth-order valence-electron chi connectivity index (χ4n) is 2.56. The Labute approximate surface area is 129 Å². The number of anilines is 1. The molecule has 1 saturated heterocycles. The van der Waals surface area contributed by atoms with Gasteiger partial charge in [-0.15, -0.1) is 0 Å². The second-order valence-electron chi connectivity index (χ2n) is 5.30. The Bertz CT molecular complexity index is 650. The maximum atomic E-state index is 5.67. The number of nitrogens with zero attached hydrogens (tertiary/aromatic N) is 1. The summed E-state index contributed by atoms with van der Waals surface area (Å²) in [5.41, 5.74) is 1.23. The highest BCUT2D eigenvalue weighted by Crippen LogP contribution is 2.27. The Morgan fingerprint density at radius 1 is 1.38 bits per heavy atom. The molecule has 3 rings (SSSR count). The molecule has 2 N–H and O–H groups in total. The molecule has 110 valence electrons. The number of hydrogen-bond acceptors (Lipinski definition) is 4. The molecule has 0 amide bonds. The average Bonchev–Trinajstić information content (AvgIpc) is 3.02. The Morgan fingerprint density at radius 3 is 2.90 bits per heavy atom. The van der Waals surface area contributed by atoms with Crippen molar-refractivity contribution >= 4 is 18.0 Å². The van der Waals surface area contributed by atoms with E-state index in [4.69, 9.17) is 17.0 Å². The zero-order valence-corrected chi connectivity index (χ0v) is 12.8. The molecule has 0 radical (unpaired) electrons. The zero-order valence-electron chi connectivity index (χ0n) is 12.0. The van der Waals surface area contributed by atoms with E-state index in [1.165, 1.54) is 5.56 Å². The molecular formula is C16H19N3OS. The number of hydrogen-bond donors (Lipinski definition) is 2. The van der Waals surface area contributed by atoms with E-state index in [9.17, 15) is 0 Å². The van der Waals surface area contributed by atoms with E-state index in [0.29, 0.717) is 4.64 Å². The SMILES string of the molecule is CC(Nc1cc(=S)nc(C2CCCO2)[nH]1)c1ccccc1. The van der Waals surface area contributed by atoms with Crippen LogP contribution in [0, 0.1) is 4.64 Å². The number of nitrogens with one attached hydrogen (secondary N) is 2. The van der Waals surface area contributed by atoms with E-state index >= 15 is 0 Å². The minimum absolute atomic E-state index is 0.0421. The fourth-order valence-corrected chi connectivity index (χ4v) is 2.77. The van der Waals surface area contributed by atoms with Crippen molar-refractivity contribution in [3.8, 4) is 0 Å². The van der Waals surface area contributed by atoms with Gasteiger partial charge in [0.05, 0.1) is 0 Å². The first-order valence-corrected chi connectivity index (χ1v) is 7.67. The monoisotopic (exact) mass is 301 g/mol. The lowest BCUT2D eigenvalue weighted by Crippen LogP contribution is -2.11. The highest BCUT2D eigenvalue weighted by atomic mass is 32.1. The quantitative estimate of drug-likeness (QED) is 0.832. The van der Waals surface area contributed by atoms with Crippen LogP contribution in [0.5, 0.6) is 0 Å². The number of H-pyrrole nitrogens is 1. The summed E-state index contributed by atoms with van der Waals surface area (Å²) in [6.07, 6.45) is 2.11. The standard InChI is InChI=1S/C16H19N3OS/c1-11(12-6-3-2-4-7-12)17-14-10-15(21)19-16(18-14)13-8-5-9-20-13/h2-4,6-7,10-11,13H,5,8-9H2,1H3,(H2,17,18,19,21). The summed E-state index contributed by atoms with van der Waals surface area (Å²) >= 11 is 5.27. The molecular weight excluding hydrogens is 282 g/mol. The molecule has 2 heterocycles. The number of ether oxygens (including phenoxy) is 1. The van der Waals surface area contributed by atoms with Crippen molar-refractivity contribution in [2.75, 3.05) is 11.9 Å². The van der Waals surface area contributed by atoms with Gasteiger partial charge in [-0.2, -0.15) is 0 Å². The third kappa shape index (κ3) is 3.49. The zero-order chi connectivity index (χ0) is 14.7. The molecule has 1 fully saturated rings. The first-order valence-electron chi connectivity index (χ1n) is 7.27. The molecule has 1 aliphatic rings. The van der Waals surface area contributed by atoms with Crippen LogP contribution in [0.3, 0.4) is 0 Å². The Hall–Kier alpha value is -1.72. The first kappa shape index (κ1) is 14.2. The molecule has 1 aliphatic heterocycles.